The molecule has 0 saturated carbocycles. The van der Waals surface area contributed by atoms with Crippen molar-refractivity contribution in [2.45, 2.75) is 33.2 Å². The standard InChI is InChI=1S/C24H24N4O2S/c1-15-8-11-21(31-15)24(29)30-26-23-17(14-28-13-12-25-16(28)2)9-10-20-22(23)18-6-4-5-7-19(18)27(20)3/h4-8,11-13,17H,9-10,14H2,1-3H3/b26-23+. The van der Waals surface area contributed by atoms with Crippen molar-refractivity contribution < 1.29 is 9.63 Å². The van der Waals surface area contributed by atoms with E-state index in [0.29, 0.717) is 4.88 Å². The highest BCUT2D eigenvalue weighted by atomic mass is 32.1. The summed E-state index contributed by atoms with van der Waals surface area (Å²) in [6, 6.07) is 12.1. The Balaban J connectivity index is 1.58. The summed E-state index contributed by atoms with van der Waals surface area (Å²) < 4.78 is 4.38. The van der Waals surface area contributed by atoms with Crippen LogP contribution in [-0.2, 0) is 24.9 Å². The molecule has 0 radical (unpaired) electrons. The zero-order valence-electron chi connectivity index (χ0n) is 17.8. The number of fused-ring (bicyclic) bond motifs is 3. The zero-order valence-corrected chi connectivity index (χ0v) is 18.6. The first-order valence-electron chi connectivity index (χ1n) is 10.4. The summed E-state index contributed by atoms with van der Waals surface area (Å²) in [6.45, 7) is 4.73. The number of thiophene rings is 1. The fourth-order valence-corrected chi connectivity index (χ4v) is 5.23. The predicted molar refractivity (Wildman–Crippen MR) is 123 cm³/mol. The Bertz CT molecular complexity index is 1310. The molecule has 1 aliphatic carbocycles. The van der Waals surface area contributed by atoms with Gasteiger partial charge in [-0.25, -0.2) is 9.78 Å². The first kappa shape index (κ1) is 19.8. The van der Waals surface area contributed by atoms with E-state index in [1.807, 2.05) is 38.4 Å². The van der Waals surface area contributed by atoms with E-state index in [1.54, 1.807) is 6.07 Å². The Morgan fingerprint density at radius 1 is 1.26 bits per heavy atom. The molecule has 6 nitrogen and oxygen atoms in total. The van der Waals surface area contributed by atoms with Crippen LogP contribution in [0.4, 0.5) is 0 Å². The SMILES string of the molecule is Cc1ccc(C(=O)O/N=C2/c3c(n(C)c4ccccc34)CCC2Cn2ccnc2C)s1. The van der Waals surface area contributed by atoms with Crippen molar-refractivity contribution in [3.63, 3.8) is 0 Å². The lowest BCUT2D eigenvalue weighted by Crippen LogP contribution is -2.28. The van der Waals surface area contributed by atoms with E-state index in [9.17, 15) is 4.79 Å². The van der Waals surface area contributed by atoms with E-state index < -0.39 is 5.97 Å². The molecule has 0 spiro atoms. The zero-order chi connectivity index (χ0) is 21.5. The van der Waals surface area contributed by atoms with Crippen molar-refractivity contribution in [1.29, 1.82) is 0 Å². The van der Waals surface area contributed by atoms with Crippen molar-refractivity contribution in [2.75, 3.05) is 0 Å². The van der Waals surface area contributed by atoms with E-state index in [4.69, 9.17) is 4.84 Å². The van der Waals surface area contributed by atoms with Gasteiger partial charge >= 0.3 is 5.97 Å². The van der Waals surface area contributed by atoms with Crippen molar-refractivity contribution >= 4 is 33.9 Å². The molecule has 3 heterocycles. The van der Waals surface area contributed by atoms with Gasteiger partial charge < -0.3 is 14.0 Å². The summed E-state index contributed by atoms with van der Waals surface area (Å²) >= 11 is 1.42. The van der Waals surface area contributed by atoms with Crippen molar-refractivity contribution in [3.8, 4) is 0 Å². The molecule has 0 N–H and O–H groups in total. The maximum atomic E-state index is 12.6. The molecule has 7 heteroatoms. The highest BCUT2D eigenvalue weighted by molar-refractivity contribution is 7.13. The number of hydrogen-bond acceptors (Lipinski definition) is 5. The van der Waals surface area contributed by atoms with Gasteiger partial charge in [-0.2, -0.15) is 0 Å². The van der Waals surface area contributed by atoms with E-state index in [1.165, 1.54) is 22.5 Å². The second-order valence-electron chi connectivity index (χ2n) is 8.03. The van der Waals surface area contributed by atoms with Gasteiger partial charge in [0.2, 0.25) is 0 Å². The first-order valence-corrected chi connectivity index (χ1v) is 11.2. The van der Waals surface area contributed by atoms with Crippen LogP contribution in [0.3, 0.4) is 0 Å². The lowest BCUT2D eigenvalue weighted by atomic mass is 9.84. The third-order valence-electron chi connectivity index (χ3n) is 6.11. The van der Waals surface area contributed by atoms with Crippen molar-refractivity contribution in [3.05, 3.63) is 75.6 Å². The lowest BCUT2D eigenvalue weighted by Gasteiger charge is -2.25. The van der Waals surface area contributed by atoms with Crippen LogP contribution >= 0.6 is 11.3 Å². The number of imidazole rings is 1. The molecule has 0 fully saturated rings. The molecule has 1 atom stereocenters. The fraction of sp³-hybridized carbons (Fsp3) is 0.292. The highest BCUT2D eigenvalue weighted by Gasteiger charge is 2.32. The Kier molecular flexibility index (Phi) is 4.98. The van der Waals surface area contributed by atoms with Crippen LogP contribution in [0.15, 0.2) is 53.9 Å². The van der Waals surface area contributed by atoms with Gasteiger partial charge in [0.05, 0.1) is 5.71 Å². The Labute approximate surface area is 184 Å². The molecule has 0 amide bonds. The molecule has 5 rings (SSSR count). The number of carbonyl (C=O) groups is 1. The van der Waals surface area contributed by atoms with Crippen LogP contribution < -0.4 is 0 Å². The third-order valence-corrected chi connectivity index (χ3v) is 7.09. The quantitative estimate of drug-likeness (QED) is 0.341. The number of para-hydroxylation sites is 1. The summed E-state index contributed by atoms with van der Waals surface area (Å²) in [6.07, 6.45) is 5.70. The molecule has 1 aromatic carbocycles. The van der Waals surface area contributed by atoms with Gasteiger partial charge in [-0.15, -0.1) is 11.3 Å². The number of aryl methyl sites for hydroxylation is 3. The maximum absolute atomic E-state index is 12.6. The minimum atomic E-state index is -0.407. The number of carbonyl (C=O) groups excluding carboxylic acids is 1. The minimum absolute atomic E-state index is 0.129. The number of aromatic nitrogens is 3. The number of oxime groups is 1. The van der Waals surface area contributed by atoms with Crippen molar-refractivity contribution in [2.24, 2.45) is 18.1 Å². The molecule has 1 unspecified atom stereocenters. The first-order chi connectivity index (χ1) is 15.0. The van der Waals surface area contributed by atoms with Crippen molar-refractivity contribution in [1.82, 2.24) is 14.1 Å². The third kappa shape index (κ3) is 3.49. The summed E-state index contributed by atoms with van der Waals surface area (Å²) in [7, 11) is 2.10. The van der Waals surface area contributed by atoms with Crippen LogP contribution in [0.2, 0.25) is 0 Å². The average Bonchev–Trinajstić information content (AvgIpc) is 3.46. The lowest BCUT2D eigenvalue weighted by molar-refractivity contribution is 0.0519. The van der Waals surface area contributed by atoms with E-state index in [2.05, 4.69) is 44.5 Å². The summed E-state index contributed by atoms with van der Waals surface area (Å²) in [4.78, 5) is 24.1. The average molecular weight is 433 g/mol. The van der Waals surface area contributed by atoms with Gasteiger partial charge in [0.15, 0.2) is 0 Å². The second-order valence-corrected chi connectivity index (χ2v) is 9.31. The molecule has 158 valence electrons. The van der Waals surface area contributed by atoms with E-state index in [-0.39, 0.29) is 5.92 Å². The minimum Gasteiger partial charge on any atom is -0.347 e. The Morgan fingerprint density at radius 2 is 2.10 bits per heavy atom. The number of rotatable bonds is 4. The predicted octanol–water partition coefficient (Wildman–Crippen LogP) is 4.88. The smallest absolute Gasteiger partial charge is 0.347 e. The van der Waals surface area contributed by atoms with Crippen LogP contribution in [0.25, 0.3) is 10.9 Å². The van der Waals surface area contributed by atoms with Gasteiger partial charge in [-0.1, -0.05) is 23.4 Å². The molecule has 0 aliphatic heterocycles. The molecule has 0 bridgehead atoms. The number of hydrogen-bond donors (Lipinski definition) is 0. The van der Waals surface area contributed by atoms with Gasteiger partial charge in [0, 0.05) is 58.9 Å². The van der Waals surface area contributed by atoms with Gasteiger partial charge in [0.1, 0.15) is 10.7 Å². The summed E-state index contributed by atoms with van der Waals surface area (Å²) in [5, 5.41) is 5.64. The van der Waals surface area contributed by atoms with E-state index in [0.717, 1.165) is 46.7 Å². The van der Waals surface area contributed by atoms with E-state index >= 15 is 0 Å². The monoisotopic (exact) mass is 432 g/mol. The molecule has 3 aromatic heterocycles. The van der Waals surface area contributed by atoms with Crippen LogP contribution in [0.5, 0.6) is 0 Å². The van der Waals surface area contributed by atoms with Gasteiger partial charge in [0.25, 0.3) is 0 Å². The topological polar surface area (TPSA) is 61.4 Å². The van der Waals surface area contributed by atoms with Crippen LogP contribution in [-0.4, -0.2) is 25.8 Å². The molecule has 0 saturated heterocycles. The molecule has 31 heavy (non-hydrogen) atoms. The van der Waals surface area contributed by atoms with Gasteiger partial charge in [-0.05, 0) is 44.9 Å². The highest BCUT2D eigenvalue weighted by Crippen LogP contribution is 2.35. The summed E-state index contributed by atoms with van der Waals surface area (Å²) in [5.74, 6) is 0.689. The fourth-order valence-electron chi connectivity index (χ4n) is 4.49. The molecular weight excluding hydrogens is 408 g/mol. The van der Waals surface area contributed by atoms with Crippen LogP contribution in [0, 0.1) is 19.8 Å². The molecule has 4 aromatic rings. The molecular formula is C24H24N4O2S. The normalized spacial score (nSPS) is 17.3. The summed E-state index contributed by atoms with van der Waals surface area (Å²) in [5.41, 5.74) is 4.34. The van der Waals surface area contributed by atoms with Crippen LogP contribution in [0.1, 0.15) is 38.1 Å². The Morgan fingerprint density at radius 3 is 2.84 bits per heavy atom. The Hall–Kier alpha value is -3.19. The second kappa shape index (κ2) is 7.81. The van der Waals surface area contributed by atoms with Gasteiger partial charge in [-0.3, -0.25) is 0 Å². The largest absolute Gasteiger partial charge is 0.375 e. The number of nitrogens with zero attached hydrogens (tertiary/aromatic N) is 4. The maximum Gasteiger partial charge on any atom is 0.375 e. The molecule has 1 aliphatic rings. The number of benzene rings is 1.